The van der Waals surface area contributed by atoms with Gasteiger partial charge in [-0.3, -0.25) is 14.5 Å². The van der Waals surface area contributed by atoms with Gasteiger partial charge in [-0.25, -0.2) is 4.79 Å². The highest BCUT2D eigenvalue weighted by molar-refractivity contribution is 7.80. The molecular weight excluding hydrogens is 506 g/mol. The lowest BCUT2D eigenvalue weighted by molar-refractivity contribution is -0.124. The van der Waals surface area contributed by atoms with E-state index in [-0.39, 0.29) is 24.8 Å². The average Bonchev–Trinajstić information content (AvgIpc) is 3.43. The van der Waals surface area contributed by atoms with E-state index in [0.717, 1.165) is 4.88 Å². The molecule has 3 aromatic rings. The molecule has 1 aliphatic rings. The number of rotatable bonds is 8. The Morgan fingerprint density at radius 3 is 2.46 bits per heavy atom. The molecule has 35 heavy (non-hydrogen) atoms. The van der Waals surface area contributed by atoms with Gasteiger partial charge in [0.05, 0.1) is 30.8 Å². The molecule has 0 aliphatic carbocycles. The molecule has 0 radical (unpaired) electrons. The van der Waals surface area contributed by atoms with E-state index in [1.54, 1.807) is 71.7 Å². The van der Waals surface area contributed by atoms with Crippen molar-refractivity contribution in [3.05, 3.63) is 81.5 Å². The molecule has 1 aliphatic heterocycles. The number of anilines is 2. The van der Waals surface area contributed by atoms with Crippen LogP contribution in [0.1, 0.15) is 28.6 Å². The van der Waals surface area contributed by atoms with Crippen molar-refractivity contribution < 1.29 is 19.1 Å². The smallest absolute Gasteiger partial charge is 0.338 e. The number of nitrogens with one attached hydrogen (secondary N) is 1. The Bertz CT molecular complexity index is 1230. The van der Waals surface area contributed by atoms with Gasteiger partial charge in [-0.05, 0) is 79.1 Å². The molecule has 0 saturated carbocycles. The van der Waals surface area contributed by atoms with Crippen LogP contribution in [0.5, 0.6) is 0 Å². The van der Waals surface area contributed by atoms with Crippen LogP contribution in [0.15, 0.2) is 66.0 Å². The van der Waals surface area contributed by atoms with Gasteiger partial charge in [-0.2, -0.15) is 0 Å². The third-order valence-corrected chi connectivity index (χ3v) is 6.90. The summed E-state index contributed by atoms with van der Waals surface area (Å²) in [5.74, 6) is -1.06. The average molecular weight is 528 g/mol. The molecule has 7 nitrogen and oxygen atoms in total. The maximum Gasteiger partial charge on any atom is 0.338 e. The van der Waals surface area contributed by atoms with Crippen LogP contribution in [0, 0.1) is 0 Å². The Kier molecular flexibility index (Phi) is 7.80. The van der Waals surface area contributed by atoms with Crippen molar-refractivity contribution in [1.82, 2.24) is 4.90 Å². The largest absolute Gasteiger partial charge is 0.462 e. The zero-order chi connectivity index (χ0) is 24.9. The SMILES string of the molecule is CCOC(=O)c1ccc(N2C(=O)C(CC(=O)Nc3ccc(Cl)cc3)N(Cc3cccs3)C2=S)cc1. The first-order valence-electron chi connectivity index (χ1n) is 10.9. The summed E-state index contributed by atoms with van der Waals surface area (Å²) in [5.41, 5.74) is 1.48. The Morgan fingerprint density at radius 1 is 1.11 bits per heavy atom. The molecule has 4 rings (SSSR count). The van der Waals surface area contributed by atoms with E-state index in [1.807, 2.05) is 17.5 Å². The molecule has 1 saturated heterocycles. The molecule has 1 aromatic heterocycles. The van der Waals surface area contributed by atoms with Crippen LogP contribution in [0.4, 0.5) is 11.4 Å². The maximum atomic E-state index is 13.5. The second-order valence-corrected chi connectivity index (χ2v) is 9.54. The summed E-state index contributed by atoms with van der Waals surface area (Å²) in [6.45, 7) is 2.41. The van der Waals surface area contributed by atoms with Crippen molar-refractivity contribution in [2.75, 3.05) is 16.8 Å². The predicted octanol–water partition coefficient (Wildman–Crippen LogP) is 5.11. The highest BCUT2D eigenvalue weighted by Crippen LogP contribution is 2.30. The number of thiocarbonyl (C=S) groups is 1. The number of benzene rings is 2. The fraction of sp³-hybridized carbons (Fsp3) is 0.200. The second-order valence-electron chi connectivity index (χ2n) is 7.71. The number of thiophene rings is 1. The van der Waals surface area contributed by atoms with Crippen molar-refractivity contribution in [1.29, 1.82) is 0 Å². The summed E-state index contributed by atoms with van der Waals surface area (Å²) in [4.78, 5) is 42.6. The zero-order valence-corrected chi connectivity index (χ0v) is 21.2. The normalized spacial score (nSPS) is 15.4. The van der Waals surface area contributed by atoms with Gasteiger partial charge in [0.1, 0.15) is 6.04 Å². The number of hydrogen-bond donors (Lipinski definition) is 1. The number of hydrogen-bond acceptors (Lipinski definition) is 6. The van der Waals surface area contributed by atoms with Crippen LogP contribution in [0.2, 0.25) is 5.02 Å². The number of carbonyl (C=O) groups is 3. The number of carbonyl (C=O) groups excluding carboxylic acids is 3. The van der Waals surface area contributed by atoms with Crippen LogP contribution >= 0.6 is 35.2 Å². The minimum atomic E-state index is -0.776. The fourth-order valence-electron chi connectivity index (χ4n) is 3.70. The third kappa shape index (κ3) is 5.70. The first-order valence-corrected chi connectivity index (χ1v) is 12.5. The van der Waals surface area contributed by atoms with Gasteiger partial charge in [0.25, 0.3) is 5.91 Å². The Balaban J connectivity index is 1.56. The topological polar surface area (TPSA) is 78.9 Å². The zero-order valence-electron chi connectivity index (χ0n) is 18.8. The summed E-state index contributed by atoms with van der Waals surface area (Å²) >= 11 is 13.2. The summed E-state index contributed by atoms with van der Waals surface area (Å²) in [6, 6.07) is 16.3. The van der Waals surface area contributed by atoms with Crippen molar-refractivity contribution in [2.24, 2.45) is 0 Å². The molecule has 10 heteroatoms. The van der Waals surface area contributed by atoms with Crippen LogP contribution in [0.3, 0.4) is 0 Å². The maximum absolute atomic E-state index is 13.5. The summed E-state index contributed by atoms with van der Waals surface area (Å²) in [5, 5.41) is 5.62. The van der Waals surface area contributed by atoms with Crippen molar-refractivity contribution in [3.8, 4) is 0 Å². The van der Waals surface area contributed by atoms with Gasteiger partial charge in [0.15, 0.2) is 5.11 Å². The number of amides is 2. The lowest BCUT2D eigenvalue weighted by Gasteiger charge is -2.23. The minimum Gasteiger partial charge on any atom is -0.462 e. The van der Waals surface area contributed by atoms with Gasteiger partial charge in [-0.15, -0.1) is 11.3 Å². The van der Waals surface area contributed by atoms with Gasteiger partial charge in [0, 0.05) is 15.6 Å². The standard InChI is InChI=1S/C25H22ClN3O4S2/c1-2-33-24(32)16-5-11-19(12-6-16)29-23(31)21(28(25(29)34)15-20-4-3-13-35-20)14-22(30)27-18-9-7-17(26)8-10-18/h3-13,21H,2,14-15H2,1H3,(H,27,30). The minimum absolute atomic E-state index is 0.0790. The van der Waals surface area contributed by atoms with E-state index in [9.17, 15) is 14.4 Å². The van der Waals surface area contributed by atoms with E-state index in [2.05, 4.69) is 5.32 Å². The first kappa shape index (κ1) is 24.8. The first-order chi connectivity index (χ1) is 16.9. The number of esters is 1. The molecule has 2 aromatic carbocycles. The summed E-state index contributed by atoms with van der Waals surface area (Å²) in [6.07, 6.45) is -0.0790. The lowest BCUT2D eigenvalue weighted by Crippen LogP contribution is -2.37. The molecule has 180 valence electrons. The lowest BCUT2D eigenvalue weighted by atomic mass is 10.1. The molecule has 0 spiro atoms. The Hall–Kier alpha value is -3.27. The molecular formula is C25H22ClN3O4S2. The Morgan fingerprint density at radius 2 is 1.83 bits per heavy atom. The Labute approximate surface area is 217 Å². The second kappa shape index (κ2) is 11.0. The predicted molar refractivity (Wildman–Crippen MR) is 141 cm³/mol. The van der Waals surface area contributed by atoms with E-state index >= 15 is 0 Å². The van der Waals surface area contributed by atoms with Gasteiger partial charge in [-0.1, -0.05) is 17.7 Å². The van der Waals surface area contributed by atoms with Crippen LogP contribution in [-0.2, 0) is 20.9 Å². The van der Waals surface area contributed by atoms with E-state index in [0.29, 0.717) is 33.6 Å². The van der Waals surface area contributed by atoms with E-state index in [4.69, 9.17) is 28.6 Å². The quantitative estimate of drug-likeness (QED) is 0.324. The van der Waals surface area contributed by atoms with E-state index in [1.165, 1.54) is 4.90 Å². The summed E-state index contributed by atoms with van der Waals surface area (Å²) < 4.78 is 5.02. The highest BCUT2D eigenvalue weighted by atomic mass is 35.5. The summed E-state index contributed by atoms with van der Waals surface area (Å²) in [7, 11) is 0. The molecule has 1 fully saturated rings. The van der Waals surface area contributed by atoms with Gasteiger partial charge in [0.2, 0.25) is 5.91 Å². The number of ether oxygens (including phenoxy) is 1. The molecule has 2 amide bonds. The number of halogens is 1. The molecule has 0 bridgehead atoms. The third-order valence-electron chi connectivity index (χ3n) is 5.37. The van der Waals surface area contributed by atoms with Crippen molar-refractivity contribution in [2.45, 2.75) is 25.9 Å². The monoisotopic (exact) mass is 527 g/mol. The van der Waals surface area contributed by atoms with Crippen LogP contribution < -0.4 is 10.2 Å². The van der Waals surface area contributed by atoms with Gasteiger partial charge < -0.3 is 15.0 Å². The van der Waals surface area contributed by atoms with Crippen molar-refractivity contribution >= 4 is 69.4 Å². The molecule has 1 N–H and O–H groups in total. The fourth-order valence-corrected chi connectivity index (χ4v) is 4.92. The van der Waals surface area contributed by atoms with E-state index < -0.39 is 12.0 Å². The van der Waals surface area contributed by atoms with Crippen LogP contribution in [0.25, 0.3) is 0 Å². The van der Waals surface area contributed by atoms with Crippen molar-refractivity contribution in [3.63, 3.8) is 0 Å². The van der Waals surface area contributed by atoms with Gasteiger partial charge >= 0.3 is 5.97 Å². The molecule has 1 atom stereocenters. The number of nitrogens with zero attached hydrogens (tertiary/aromatic N) is 2. The highest BCUT2D eigenvalue weighted by Gasteiger charge is 2.44. The van der Waals surface area contributed by atoms with Crippen LogP contribution in [-0.4, -0.2) is 40.4 Å². The molecule has 2 heterocycles. The molecule has 1 unspecified atom stereocenters.